The van der Waals surface area contributed by atoms with Crippen LogP contribution >= 0.6 is 0 Å². The van der Waals surface area contributed by atoms with Gasteiger partial charge in [-0.15, -0.1) is 0 Å². The third kappa shape index (κ3) is 5.43. The number of aromatic amines is 1. The van der Waals surface area contributed by atoms with Crippen molar-refractivity contribution in [3.63, 3.8) is 0 Å². The Kier molecular flexibility index (Phi) is 6.72. The van der Waals surface area contributed by atoms with Crippen LogP contribution in [0.5, 0.6) is 5.75 Å². The zero-order valence-electron chi connectivity index (χ0n) is 21.2. The number of likely N-dealkylation sites (N-methyl/N-ethyl adjacent to an activating group) is 1. The van der Waals surface area contributed by atoms with Crippen molar-refractivity contribution in [1.82, 2.24) is 19.8 Å². The molecule has 5 aromatic rings. The number of nitrogens with one attached hydrogen (secondary N) is 1. The van der Waals surface area contributed by atoms with Crippen LogP contribution in [0.3, 0.4) is 0 Å². The van der Waals surface area contributed by atoms with E-state index < -0.39 is 0 Å². The summed E-state index contributed by atoms with van der Waals surface area (Å²) in [4.78, 5) is 13.0. The van der Waals surface area contributed by atoms with Crippen LogP contribution in [0.4, 0.5) is 0 Å². The van der Waals surface area contributed by atoms with Crippen LogP contribution in [-0.2, 0) is 13.2 Å². The van der Waals surface area contributed by atoms with Crippen molar-refractivity contribution >= 4 is 11.0 Å². The molecule has 1 saturated heterocycles. The van der Waals surface area contributed by atoms with E-state index in [1.165, 1.54) is 11.1 Å². The lowest BCUT2D eigenvalue weighted by Gasteiger charge is -2.32. The van der Waals surface area contributed by atoms with Gasteiger partial charge >= 0.3 is 0 Å². The Morgan fingerprint density at radius 2 is 1.59 bits per heavy atom. The largest absolute Gasteiger partial charge is 0.489 e. The molecule has 5 heteroatoms. The minimum Gasteiger partial charge on any atom is -0.489 e. The van der Waals surface area contributed by atoms with Crippen LogP contribution in [0, 0.1) is 0 Å². The van der Waals surface area contributed by atoms with Crippen molar-refractivity contribution in [2.45, 2.75) is 13.2 Å². The van der Waals surface area contributed by atoms with Gasteiger partial charge < -0.3 is 14.6 Å². The molecule has 2 aromatic heterocycles. The van der Waals surface area contributed by atoms with Crippen LogP contribution in [0.25, 0.3) is 33.3 Å². The van der Waals surface area contributed by atoms with Gasteiger partial charge in [0.05, 0.1) is 0 Å². The Bertz CT molecular complexity index is 1470. The number of H-pyrrole nitrogens is 1. The van der Waals surface area contributed by atoms with E-state index in [1.807, 2.05) is 42.7 Å². The molecule has 0 bridgehead atoms. The standard InChI is InChI=1S/C32H32N4O/c1-35-14-16-36(17-15-35)22-24-10-12-26(13-11-24)28-19-30-31(21-34-32(30)33-20-28)27-8-5-9-29(18-27)37-23-25-6-3-2-4-7-25/h2-13,18-21H,14-17,22-23H2,1H3,(H,33,34). The van der Waals surface area contributed by atoms with Gasteiger partial charge in [0, 0.05) is 61.6 Å². The Morgan fingerprint density at radius 3 is 2.41 bits per heavy atom. The molecule has 1 aliphatic heterocycles. The van der Waals surface area contributed by atoms with E-state index in [4.69, 9.17) is 9.72 Å². The molecule has 1 aliphatic rings. The van der Waals surface area contributed by atoms with Crippen molar-refractivity contribution in [2.75, 3.05) is 33.2 Å². The molecule has 1 fully saturated rings. The summed E-state index contributed by atoms with van der Waals surface area (Å²) in [6.07, 6.45) is 3.99. The Labute approximate surface area is 218 Å². The average Bonchev–Trinajstić information content (AvgIpc) is 3.38. The molecule has 37 heavy (non-hydrogen) atoms. The first-order valence-corrected chi connectivity index (χ1v) is 13.0. The van der Waals surface area contributed by atoms with Crippen LogP contribution in [0.1, 0.15) is 11.1 Å². The van der Waals surface area contributed by atoms with Crippen LogP contribution in [0.2, 0.25) is 0 Å². The van der Waals surface area contributed by atoms with Gasteiger partial charge in [0.25, 0.3) is 0 Å². The predicted molar refractivity (Wildman–Crippen MR) is 151 cm³/mol. The van der Waals surface area contributed by atoms with Crippen molar-refractivity contribution in [3.05, 3.63) is 108 Å². The summed E-state index contributed by atoms with van der Waals surface area (Å²) in [5.41, 5.74) is 7.94. The third-order valence-corrected chi connectivity index (χ3v) is 7.21. The molecule has 0 spiro atoms. The lowest BCUT2D eigenvalue weighted by atomic mass is 10.0. The maximum absolute atomic E-state index is 6.08. The summed E-state index contributed by atoms with van der Waals surface area (Å²) in [6.45, 7) is 6.11. The molecule has 0 amide bonds. The Hall–Kier alpha value is -3.93. The number of hydrogen-bond acceptors (Lipinski definition) is 4. The number of benzene rings is 3. The first-order chi connectivity index (χ1) is 18.2. The van der Waals surface area contributed by atoms with Crippen molar-refractivity contribution in [2.24, 2.45) is 0 Å². The van der Waals surface area contributed by atoms with Gasteiger partial charge in [-0.25, -0.2) is 4.98 Å². The molecular weight excluding hydrogens is 456 g/mol. The molecule has 3 aromatic carbocycles. The molecule has 0 aliphatic carbocycles. The number of ether oxygens (including phenoxy) is 1. The number of nitrogens with zero attached hydrogens (tertiary/aromatic N) is 3. The second kappa shape index (κ2) is 10.6. The maximum Gasteiger partial charge on any atom is 0.137 e. The summed E-state index contributed by atoms with van der Waals surface area (Å²) < 4.78 is 6.08. The average molecular weight is 489 g/mol. The molecule has 0 saturated carbocycles. The Morgan fingerprint density at radius 1 is 0.784 bits per heavy atom. The first-order valence-electron chi connectivity index (χ1n) is 13.0. The van der Waals surface area contributed by atoms with Gasteiger partial charge in [0.2, 0.25) is 0 Å². The predicted octanol–water partition coefficient (Wildman–Crippen LogP) is 6.22. The SMILES string of the molecule is CN1CCN(Cc2ccc(-c3cnc4[nH]cc(-c5cccc(OCc6ccccc6)c5)c4c3)cc2)CC1. The Balaban J connectivity index is 1.21. The normalized spacial score (nSPS) is 14.7. The first kappa shape index (κ1) is 23.5. The zero-order chi connectivity index (χ0) is 25.0. The molecular formula is C32H32N4O. The van der Waals surface area contributed by atoms with Gasteiger partial charge in [0.1, 0.15) is 18.0 Å². The summed E-state index contributed by atoms with van der Waals surface area (Å²) >= 11 is 0. The molecule has 1 N–H and O–H groups in total. The highest BCUT2D eigenvalue weighted by molar-refractivity contribution is 5.96. The molecule has 5 nitrogen and oxygen atoms in total. The van der Waals surface area contributed by atoms with E-state index in [9.17, 15) is 0 Å². The van der Waals surface area contributed by atoms with Gasteiger partial charge in [-0.2, -0.15) is 0 Å². The number of fused-ring (bicyclic) bond motifs is 1. The van der Waals surface area contributed by atoms with E-state index in [-0.39, 0.29) is 0 Å². The number of rotatable bonds is 7. The molecule has 3 heterocycles. The van der Waals surface area contributed by atoms with E-state index >= 15 is 0 Å². The molecule has 186 valence electrons. The number of pyridine rings is 1. The highest BCUT2D eigenvalue weighted by atomic mass is 16.5. The second-order valence-electron chi connectivity index (χ2n) is 9.90. The quantitative estimate of drug-likeness (QED) is 0.295. The van der Waals surface area contributed by atoms with Crippen molar-refractivity contribution in [3.8, 4) is 28.0 Å². The van der Waals surface area contributed by atoms with Crippen molar-refractivity contribution < 1.29 is 4.74 Å². The molecule has 0 radical (unpaired) electrons. The number of hydrogen-bond donors (Lipinski definition) is 1. The maximum atomic E-state index is 6.08. The van der Waals surface area contributed by atoms with E-state index in [2.05, 4.69) is 76.4 Å². The van der Waals surface area contributed by atoms with Gasteiger partial charge in [-0.05, 0) is 47.5 Å². The summed E-state index contributed by atoms with van der Waals surface area (Å²) in [7, 11) is 2.20. The fraction of sp³-hybridized carbons (Fsp3) is 0.219. The van der Waals surface area contributed by atoms with Gasteiger partial charge in [-0.3, -0.25) is 4.90 Å². The number of piperazine rings is 1. The summed E-state index contributed by atoms with van der Waals surface area (Å²) in [5.74, 6) is 0.857. The lowest BCUT2D eigenvalue weighted by Crippen LogP contribution is -2.43. The molecule has 0 unspecified atom stereocenters. The summed E-state index contributed by atoms with van der Waals surface area (Å²) in [6, 6.07) is 29.7. The van der Waals surface area contributed by atoms with Crippen LogP contribution < -0.4 is 4.74 Å². The molecule has 0 atom stereocenters. The molecule has 6 rings (SSSR count). The van der Waals surface area contributed by atoms with Gasteiger partial charge in [-0.1, -0.05) is 66.7 Å². The minimum atomic E-state index is 0.550. The fourth-order valence-corrected chi connectivity index (χ4v) is 4.96. The summed E-state index contributed by atoms with van der Waals surface area (Å²) in [5, 5.41) is 1.11. The number of aromatic nitrogens is 2. The third-order valence-electron chi connectivity index (χ3n) is 7.21. The van der Waals surface area contributed by atoms with E-state index in [0.717, 1.165) is 71.8 Å². The van der Waals surface area contributed by atoms with E-state index in [0.29, 0.717) is 6.61 Å². The second-order valence-corrected chi connectivity index (χ2v) is 9.90. The monoisotopic (exact) mass is 488 g/mol. The fourth-order valence-electron chi connectivity index (χ4n) is 4.96. The van der Waals surface area contributed by atoms with Crippen LogP contribution in [-0.4, -0.2) is 53.0 Å². The van der Waals surface area contributed by atoms with Gasteiger partial charge in [0.15, 0.2) is 0 Å². The minimum absolute atomic E-state index is 0.550. The van der Waals surface area contributed by atoms with Crippen molar-refractivity contribution in [1.29, 1.82) is 0 Å². The highest BCUT2D eigenvalue weighted by Gasteiger charge is 2.14. The topological polar surface area (TPSA) is 44.4 Å². The highest BCUT2D eigenvalue weighted by Crippen LogP contribution is 2.33. The van der Waals surface area contributed by atoms with Crippen LogP contribution in [0.15, 0.2) is 97.3 Å². The lowest BCUT2D eigenvalue weighted by molar-refractivity contribution is 0.148. The smallest absolute Gasteiger partial charge is 0.137 e. The zero-order valence-corrected chi connectivity index (χ0v) is 21.2. The van der Waals surface area contributed by atoms with E-state index in [1.54, 1.807) is 0 Å².